The summed E-state index contributed by atoms with van der Waals surface area (Å²) in [6.45, 7) is 7.33. The van der Waals surface area contributed by atoms with Crippen molar-refractivity contribution in [2.75, 3.05) is 13.2 Å². The van der Waals surface area contributed by atoms with Gasteiger partial charge in [-0.25, -0.2) is 0 Å². The van der Waals surface area contributed by atoms with Crippen molar-refractivity contribution in [1.29, 1.82) is 0 Å². The van der Waals surface area contributed by atoms with Crippen molar-refractivity contribution in [2.45, 2.75) is 46.5 Å². The molecule has 0 aliphatic heterocycles. The van der Waals surface area contributed by atoms with Crippen molar-refractivity contribution >= 4 is 5.78 Å². The minimum absolute atomic E-state index is 0.252. The van der Waals surface area contributed by atoms with Crippen LogP contribution in [0, 0.1) is 5.92 Å². The van der Waals surface area contributed by atoms with Crippen molar-refractivity contribution in [3.63, 3.8) is 0 Å². The topological polar surface area (TPSA) is 26.3 Å². The molecule has 78 valence electrons. The molecule has 0 fully saturated rings. The highest BCUT2D eigenvalue weighted by molar-refractivity contribution is 5.79. The second-order valence-electron chi connectivity index (χ2n) is 3.48. The average Bonchev–Trinajstić information content (AvgIpc) is 2.14. The molecule has 0 aliphatic carbocycles. The molecule has 0 spiro atoms. The first-order chi connectivity index (χ1) is 6.24. The first-order valence-electron chi connectivity index (χ1n) is 5.33. The molecule has 0 aliphatic rings. The smallest absolute Gasteiger partial charge is 0.158 e. The average molecular weight is 186 g/mol. The molecular formula is C11H22O2. The highest BCUT2D eigenvalue weighted by Gasteiger charge is 2.09. The quantitative estimate of drug-likeness (QED) is 0.545. The monoisotopic (exact) mass is 186 g/mol. The summed E-state index contributed by atoms with van der Waals surface area (Å²) in [6.07, 6.45) is 3.86. The van der Waals surface area contributed by atoms with E-state index in [0.717, 1.165) is 19.3 Å². The van der Waals surface area contributed by atoms with E-state index in [4.69, 9.17) is 4.74 Å². The fraction of sp³-hybridized carbons (Fsp3) is 0.909. The fourth-order valence-electron chi connectivity index (χ4n) is 1.29. The Labute approximate surface area is 81.7 Å². The van der Waals surface area contributed by atoms with Gasteiger partial charge in [0.05, 0.1) is 0 Å². The molecule has 2 nitrogen and oxygen atoms in total. The van der Waals surface area contributed by atoms with Gasteiger partial charge < -0.3 is 4.74 Å². The normalized spacial score (nSPS) is 10.8. The summed E-state index contributed by atoms with van der Waals surface area (Å²) in [6, 6.07) is 0. The van der Waals surface area contributed by atoms with Crippen LogP contribution >= 0.6 is 0 Å². The Morgan fingerprint density at radius 3 is 2.31 bits per heavy atom. The molecule has 2 heteroatoms. The molecule has 0 saturated carbocycles. The van der Waals surface area contributed by atoms with Crippen molar-refractivity contribution < 1.29 is 9.53 Å². The molecule has 0 saturated heterocycles. The van der Waals surface area contributed by atoms with Crippen LogP contribution in [0.2, 0.25) is 0 Å². The lowest BCUT2D eigenvalue weighted by Crippen LogP contribution is -2.13. The second-order valence-corrected chi connectivity index (χ2v) is 3.48. The van der Waals surface area contributed by atoms with Crippen LogP contribution in [0.4, 0.5) is 0 Å². The maximum Gasteiger partial charge on any atom is 0.158 e. The maximum atomic E-state index is 11.3. The number of carbonyl (C=O) groups excluding carboxylic acids is 1. The molecule has 0 aromatic carbocycles. The predicted molar refractivity (Wildman–Crippen MR) is 54.8 cm³/mol. The third-order valence-corrected chi connectivity index (χ3v) is 2.28. The highest BCUT2D eigenvalue weighted by Crippen LogP contribution is 2.12. The summed E-state index contributed by atoms with van der Waals surface area (Å²) >= 11 is 0. The van der Waals surface area contributed by atoms with Crippen LogP contribution in [0.1, 0.15) is 46.5 Å². The SMILES string of the molecule is CCCOCC(=O)CC(CC)CC. The number of carbonyl (C=O) groups is 1. The Bertz CT molecular complexity index is 128. The van der Waals surface area contributed by atoms with Crippen LogP contribution in [-0.4, -0.2) is 19.0 Å². The molecule has 0 bridgehead atoms. The van der Waals surface area contributed by atoms with Gasteiger partial charge in [0, 0.05) is 13.0 Å². The van der Waals surface area contributed by atoms with Crippen molar-refractivity contribution in [1.82, 2.24) is 0 Å². The van der Waals surface area contributed by atoms with E-state index in [1.165, 1.54) is 0 Å². The standard InChI is InChI=1S/C11H22O2/c1-4-7-13-9-11(12)8-10(5-2)6-3/h10H,4-9H2,1-3H3. The van der Waals surface area contributed by atoms with Gasteiger partial charge in [0.1, 0.15) is 6.61 Å². The predicted octanol–water partition coefficient (Wildman–Crippen LogP) is 2.81. The molecule has 13 heavy (non-hydrogen) atoms. The Morgan fingerprint density at radius 1 is 1.23 bits per heavy atom. The van der Waals surface area contributed by atoms with E-state index >= 15 is 0 Å². The first kappa shape index (κ1) is 12.6. The molecule has 0 aromatic heterocycles. The maximum absolute atomic E-state index is 11.3. The van der Waals surface area contributed by atoms with E-state index in [9.17, 15) is 4.79 Å². The number of ketones is 1. The molecule has 0 amide bonds. The van der Waals surface area contributed by atoms with Crippen LogP contribution in [0.3, 0.4) is 0 Å². The number of hydrogen-bond donors (Lipinski definition) is 0. The van der Waals surface area contributed by atoms with Gasteiger partial charge in [0.25, 0.3) is 0 Å². The second kappa shape index (κ2) is 8.24. The largest absolute Gasteiger partial charge is 0.374 e. The van der Waals surface area contributed by atoms with Crippen LogP contribution in [-0.2, 0) is 9.53 Å². The van der Waals surface area contributed by atoms with E-state index in [0.29, 0.717) is 25.6 Å². The van der Waals surface area contributed by atoms with Crippen molar-refractivity contribution in [3.8, 4) is 0 Å². The molecule has 0 heterocycles. The minimum Gasteiger partial charge on any atom is -0.374 e. The summed E-state index contributed by atoms with van der Waals surface area (Å²) in [5.74, 6) is 0.805. The van der Waals surface area contributed by atoms with E-state index in [2.05, 4.69) is 13.8 Å². The summed E-state index contributed by atoms with van der Waals surface area (Å²) in [4.78, 5) is 11.3. The minimum atomic E-state index is 0.252. The highest BCUT2D eigenvalue weighted by atomic mass is 16.5. The molecular weight excluding hydrogens is 164 g/mol. The van der Waals surface area contributed by atoms with E-state index < -0.39 is 0 Å². The summed E-state index contributed by atoms with van der Waals surface area (Å²) in [5.41, 5.74) is 0. The van der Waals surface area contributed by atoms with Gasteiger partial charge in [-0.3, -0.25) is 4.79 Å². The van der Waals surface area contributed by atoms with Crippen LogP contribution < -0.4 is 0 Å². The third-order valence-electron chi connectivity index (χ3n) is 2.28. The van der Waals surface area contributed by atoms with Gasteiger partial charge >= 0.3 is 0 Å². The van der Waals surface area contributed by atoms with Crippen LogP contribution in [0.5, 0.6) is 0 Å². The molecule has 0 atom stereocenters. The summed E-state index contributed by atoms with van der Waals surface area (Å²) in [5, 5.41) is 0. The van der Waals surface area contributed by atoms with Gasteiger partial charge in [0.2, 0.25) is 0 Å². The Kier molecular flexibility index (Phi) is 8.00. The van der Waals surface area contributed by atoms with E-state index in [-0.39, 0.29) is 5.78 Å². The number of ether oxygens (including phenoxy) is 1. The van der Waals surface area contributed by atoms with Gasteiger partial charge in [-0.1, -0.05) is 33.6 Å². The lowest BCUT2D eigenvalue weighted by atomic mass is 9.97. The third kappa shape index (κ3) is 6.76. The molecule has 0 radical (unpaired) electrons. The molecule has 0 rings (SSSR count). The number of hydrogen-bond acceptors (Lipinski definition) is 2. The van der Waals surface area contributed by atoms with Gasteiger partial charge in [-0.2, -0.15) is 0 Å². The Hall–Kier alpha value is -0.370. The van der Waals surface area contributed by atoms with Crippen LogP contribution in [0.15, 0.2) is 0 Å². The Morgan fingerprint density at radius 2 is 1.85 bits per heavy atom. The molecule has 0 aromatic rings. The number of rotatable bonds is 8. The van der Waals surface area contributed by atoms with Gasteiger partial charge in [-0.15, -0.1) is 0 Å². The lowest BCUT2D eigenvalue weighted by Gasteiger charge is -2.10. The van der Waals surface area contributed by atoms with Gasteiger partial charge in [0.15, 0.2) is 5.78 Å². The zero-order valence-corrected chi connectivity index (χ0v) is 9.14. The van der Waals surface area contributed by atoms with Crippen LogP contribution in [0.25, 0.3) is 0 Å². The van der Waals surface area contributed by atoms with Gasteiger partial charge in [-0.05, 0) is 12.3 Å². The van der Waals surface area contributed by atoms with E-state index in [1.54, 1.807) is 0 Å². The zero-order valence-electron chi connectivity index (χ0n) is 9.14. The number of Topliss-reactive ketones (excluding diaryl/α,β-unsaturated/α-hetero) is 1. The fourth-order valence-corrected chi connectivity index (χ4v) is 1.29. The summed E-state index contributed by atoms with van der Waals surface area (Å²) in [7, 11) is 0. The first-order valence-corrected chi connectivity index (χ1v) is 5.33. The molecule has 0 unspecified atom stereocenters. The van der Waals surface area contributed by atoms with E-state index in [1.807, 2.05) is 6.92 Å². The van der Waals surface area contributed by atoms with Crippen molar-refractivity contribution in [3.05, 3.63) is 0 Å². The lowest BCUT2D eigenvalue weighted by molar-refractivity contribution is -0.124. The Balaban J connectivity index is 3.48. The molecule has 0 N–H and O–H groups in total. The van der Waals surface area contributed by atoms with Crippen molar-refractivity contribution in [2.24, 2.45) is 5.92 Å². The zero-order chi connectivity index (χ0) is 10.1. The summed E-state index contributed by atoms with van der Waals surface area (Å²) < 4.78 is 5.18.